The first-order valence-electron chi connectivity index (χ1n) is 6.20. The molecule has 0 spiro atoms. The van der Waals surface area contributed by atoms with Gasteiger partial charge in [0.25, 0.3) is 0 Å². The molecule has 0 atom stereocenters. The van der Waals surface area contributed by atoms with Gasteiger partial charge in [-0.1, -0.05) is 17.7 Å². The molecule has 0 N–H and O–H groups in total. The van der Waals surface area contributed by atoms with Crippen LogP contribution in [0.3, 0.4) is 0 Å². The number of esters is 1. The van der Waals surface area contributed by atoms with Crippen LogP contribution in [-0.4, -0.2) is 30.6 Å². The van der Waals surface area contributed by atoms with Crippen LogP contribution >= 0.6 is 15.9 Å². The van der Waals surface area contributed by atoms with Gasteiger partial charge >= 0.3 is 5.97 Å². The van der Waals surface area contributed by atoms with Gasteiger partial charge in [-0.15, -0.1) is 0 Å². The van der Waals surface area contributed by atoms with Crippen LogP contribution < -0.4 is 4.74 Å². The molecule has 2 rings (SSSR count). The standard InChI is InChI=1S/C14H13BrN2O4S/c1-8-4-5-11(9(2)6-8)21-13(18)12-10(15)7-16-14(17-12)22(3,19)20/h4-7H,1-3H3. The number of ether oxygens (including phenoxy) is 1. The second-order valence-corrected chi connectivity index (χ2v) is 7.54. The summed E-state index contributed by atoms with van der Waals surface area (Å²) in [6, 6.07) is 5.36. The van der Waals surface area contributed by atoms with Gasteiger partial charge in [0.1, 0.15) is 5.75 Å². The number of halogens is 1. The minimum Gasteiger partial charge on any atom is -0.421 e. The number of nitrogens with zero attached hydrogens (tertiary/aromatic N) is 2. The van der Waals surface area contributed by atoms with Crippen LogP contribution in [0.2, 0.25) is 0 Å². The van der Waals surface area contributed by atoms with Gasteiger partial charge in [0.2, 0.25) is 15.0 Å². The lowest BCUT2D eigenvalue weighted by Gasteiger charge is -2.09. The highest BCUT2D eigenvalue weighted by Crippen LogP contribution is 2.22. The van der Waals surface area contributed by atoms with E-state index in [2.05, 4.69) is 25.9 Å². The van der Waals surface area contributed by atoms with E-state index >= 15 is 0 Å². The zero-order valence-electron chi connectivity index (χ0n) is 12.1. The lowest BCUT2D eigenvalue weighted by Crippen LogP contribution is -2.15. The zero-order chi connectivity index (χ0) is 16.5. The van der Waals surface area contributed by atoms with Crippen molar-refractivity contribution in [3.8, 4) is 5.75 Å². The fourth-order valence-corrected chi connectivity index (χ4v) is 2.59. The molecule has 0 aliphatic carbocycles. The molecule has 2 aromatic rings. The summed E-state index contributed by atoms with van der Waals surface area (Å²) in [6.07, 6.45) is 2.18. The number of hydrogen-bond donors (Lipinski definition) is 0. The molecular weight excluding hydrogens is 372 g/mol. The van der Waals surface area contributed by atoms with Crippen LogP contribution in [0, 0.1) is 13.8 Å². The molecule has 6 nitrogen and oxygen atoms in total. The topological polar surface area (TPSA) is 86.2 Å². The average Bonchev–Trinajstić information content (AvgIpc) is 2.41. The van der Waals surface area contributed by atoms with Crippen LogP contribution in [0.4, 0.5) is 0 Å². The van der Waals surface area contributed by atoms with Gasteiger partial charge in [-0.25, -0.2) is 23.2 Å². The van der Waals surface area contributed by atoms with Crippen molar-refractivity contribution < 1.29 is 17.9 Å². The lowest BCUT2D eigenvalue weighted by molar-refractivity contribution is 0.0725. The Morgan fingerprint density at radius 2 is 1.95 bits per heavy atom. The van der Waals surface area contributed by atoms with E-state index in [4.69, 9.17) is 4.74 Å². The third-order valence-corrected chi connectivity index (χ3v) is 4.22. The van der Waals surface area contributed by atoms with Crippen molar-refractivity contribution in [3.63, 3.8) is 0 Å². The molecule has 0 fully saturated rings. The van der Waals surface area contributed by atoms with Crippen LogP contribution in [0.15, 0.2) is 34.0 Å². The first-order chi connectivity index (χ1) is 10.2. The smallest absolute Gasteiger partial charge is 0.363 e. The second kappa shape index (κ2) is 6.13. The van der Waals surface area contributed by atoms with Gasteiger partial charge in [0.05, 0.1) is 4.47 Å². The van der Waals surface area contributed by atoms with Crippen molar-refractivity contribution in [2.24, 2.45) is 0 Å². The third kappa shape index (κ3) is 3.69. The Morgan fingerprint density at radius 1 is 1.27 bits per heavy atom. The van der Waals surface area contributed by atoms with Crippen molar-refractivity contribution in [3.05, 3.63) is 45.7 Å². The highest BCUT2D eigenvalue weighted by atomic mass is 79.9. The van der Waals surface area contributed by atoms with E-state index in [0.29, 0.717) is 5.75 Å². The molecule has 0 amide bonds. The lowest BCUT2D eigenvalue weighted by atomic mass is 10.1. The molecule has 0 aliphatic heterocycles. The van der Waals surface area contributed by atoms with Gasteiger partial charge in [-0.3, -0.25) is 0 Å². The SMILES string of the molecule is Cc1ccc(OC(=O)c2nc(S(C)(=O)=O)ncc2Br)c(C)c1. The monoisotopic (exact) mass is 384 g/mol. The van der Waals surface area contributed by atoms with E-state index < -0.39 is 21.0 Å². The summed E-state index contributed by atoms with van der Waals surface area (Å²) < 4.78 is 28.5. The van der Waals surface area contributed by atoms with Gasteiger partial charge in [-0.05, 0) is 41.4 Å². The first-order valence-corrected chi connectivity index (χ1v) is 8.89. The minimum atomic E-state index is -3.61. The number of rotatable bonds is 3. The Kier molecular flexibility index (Phi) is 4.62. The van der Waals surface area contributed by atoms with Gasteiger partial charge < -0.3 is 4.74 Å². The van der Waals surface area contributed by atoms with Crippen molar-refractivity contribution in [2.45, 2.75) is 19.0 Å². The molecule has 1 heterocycles. The molecule has 22 heavy (non-hydrogen) atoms. The highest BCUT2D eigenvalue weighted by Gasteiger charge is 2.20. The van der Waals surface area contributed by atoms with Gasteiger partial charge in [-0.2, -0.15) is 0 Å². The number of sulfone groups is 1. The molecule has 1 aromatic carbocycles. The van der Waals surface area contributed by atoms with Crippen LogP contribution in [-0.2, 0) is 9.84 Å². The number of aromatic nitrogens is 2. The zero-order valence-corrected chi connectivity index (χ0v) is 14.5. The molecular formula is C14H13BrN2O4S. The summed E-state index contributed by atoms with van der Waals surface area (Å²) in [4.78, 5) is 19.7. The summed E-state index contributed by atoms with van der Waals surface area (Å²) >= 11 is 3.12. The molecule has 0 saturated heterocycles. The van der Waals surface area contributed by atoms with Crippen molar-refractivity contribution >= 4 is 31.7 Å². The molecule has 0 radical (unpaired) electrons. The number of hydrogen-bond acceptors (Lipinski definition) is 6. The quantitative estimate of drug-likeness (QED) is 0.458. The third-order valence-electron chi connectivity index (χ3n) is 2.78. The molecule has 0 saturated carbocycles. The Bertz CT molecular complexity index is 850. The Labute approximate surface area is 136 Å². The maximum atomic E-state index is 12.2. The Morgan fingerprint density at radius 3 is 2.55 bits per heavy atom. The second-order valence-electron chi connectivity index (χ2n) is 4.78. The van der Waals surface area contributed by atoms with E-state index in [1.54, 1.807) is 6.07 Å². The van der Waals surface area contributed by atoms with Crippen molar-refractivity contribution in [1.29, 1.82) is 0 Å². The average molecular weight is 385 g/mol. The summed E-state index contributed by atoms with van der Waals surface area (Å²) in [7, 11) is -3.61. The normalized spacial score (nSPS) is 11.3. The summed E-state index contributed by atoms with van der Waals surface area (Å²) in [5, 5.41) is -0.428. The summed E-state index contributed by atoms with van der Waals surface area (Å²) in [5.74, 6) is -0.367. The maximum absolute atomic E-state index is 12.2. The highest BCUT2D eigenvalue weighted by molar-refractivity contribution is 9.10. The number of carbonyl (C=O) groups excluding carboxylic acids is 1. The van der Waals surface area contributed by atoms with E-state index in [1.807, 2.05) is 26.0 Å². The molecule has 116 valence electrons. The number of aryl methyl sites for hydroxylation is 2. The molecule has 0 aliphatic rings. The fraction of sp³-hybridized carbons (Fsp3) is 0.214. The Hall–Kier alpha value is -1.80. The fourth-order valence-electron chi connectivity index (χ4n) is 1.73. The maximum Gasteiger partial charge on any atom is 0.363 e. The predicted octanol–water partition coefficient (Wildman–Crippen LogP) is 2.48. The van der Waals surface area contributed by atoms with Crippen LogP contribution in [0.5, 0.6) is 5.75 Å². The molecule has 1 aromatic heterocycles. The van der Waals surface area contributed by atoms with Crippen molar-refractivity contribution in [1.82, 2.24) is 9.97 Å². The summed E-state index contributed by atoms with van der Waals surface area (Å²) in [6.45, 7) is 3.74. The molecule has 0 unspecified atom stereocenters. The largest absolute Gasteiger partial charge is 0.421 e. The molecule has 8 heteroatoms. The Balaban J connectivity index is 2.37. The number of carbonyl (C=O) groups is 1. The van der Waals surface area contributed by atoms with Crippen molar-refractivity contribution in [2.75, 3.05) is 6.26 Å². The van der Waals surface area contributed by atoms with E-state index in [9.17, 15) is 13.2 Å². The number of benzene rings is 1. The van der Waals surface area contributed by atoms with E-state index in [1.165, 1.54) is 6.20 Å². The summed E-state index contributed by atoms with van der Waals surface area (Å²) in [5.41, 5.74) is 1.69. The van der Waals surface area contributed by atoms with E-state index in [0.717, 1.165) is 17.4 Å². The predicted molar refractivity (Wildman–Crippen MR) is 83.7 cm³/mol. The first kappa shape index (κ1) is 16.6. The molecule has 0 bridgehead atoms. The minimum absolute atomic E-state index is 0.143. The van der Waals surface area contributed by atoms with Gasteiger partial charge in [0.15, 0.2) is 5.69 Å². The van der Waals surface area contributed by atoms with E-state index in [-0.39, 0.29) is 10.2 Å². The van der Waals surface area contributed by atoms with Crippen LogP contribution in [0.25, 0.3) is 0 Å². The van der Waals surface area contributed by atoms with Gasteiger partial charge in [0, 0.05) is 12.5 Å². The van der Waals surface area contributed by atoms with Crippen LogP contribution in [0.1, 0.15) is 21.6 Å².